The van der Waals surface area contributed by atoms with Crippen molar-refractivity contribution in [3.05, 3.63) is 29.8 Å². The molecule has 1 amide bonds. The smallest absolute Gasteiger partial charge is 0.303 e. The molecule has 174 valence electrons. The number of fused-ring (bicyclic) bond motifs is 1. The van der Waals surface area contributed by atoms with E-state index in [4.69, 9.17) is 5.10 Å². The largest absolute Gasteiger partial charge is 0.351 e. The maximum absolute atomic E-state index is 14.0. The van der Waals surface area contributed by atoms with Crippen molar-refractivity contribution in [3.8, 4) is 5.82 Å². The van der Waals surface area contributed by atoms with Gasteiger partial charge < -0.3 is 10.2 Å². The predicted molar refractivity (Wildman–Crippen MR) is 120 cm³/mol. The Balaban J connectivity index is 1.62. The second-order valence-corrected chi connectivity index (χ2v) is 9.19. The summed E-state index contributed by atoms with van der Waals surface area (Å²) in [5.41, 5.74) is 1.18. The summed E-state index contributed by atoms with van der Waals surface area (Å²) in [6.07, 6.45) is 3.98. The molecule has 1 spiro atoms. The number of anilines is 2. The number of likely N-dealkylation sites (tertiary alicyclic amines) is 1. The van der Waals surface area contributed by atoms with E-state index in [9.17, 15) is 13.6 Å². The van der Waals surface area contributed by atoms with Crippen LogP contribution in [-0.4, -0.2) is 67.8 Å². The van der Waals surface area contributed by atoms with Crippen molar-refractivity contribution in [2.45, 2.75) is 45.1 Å². The molecule has 0 aliphatic carbocycles. The van der Waals surface area contributed by atoms with Gasteiger partial charge in [-0.05, 0) is 33.4 Å². The van der Waals surface area contributed by atoms with Gasteiger partial charge in [-0.3, -0.25) is 9.69 Å². The van der Waals surface area contributed by atoms with E-state index in [-0.39, 0.29) is 17.3 Å². The van der Waals surface area contributed by atoms with Gasteiger partial charge in [-0.15, -0.1) is 5.10 Å². The van der Waals surface area contributed by atoms with Crippen molar-refractivity contribution in [2.24, 2.45) is 0 Å². The molecule has 0 bridgehead atoms. The number of halogens is 2. The number of alkyl halides is 2. The molecule has 5 heterocycles. The molecule has 2 aliphatic heterocycles. The molecule has 0 unspecified atom stereocenters. The van der Waals surface area contributed by atoms with Crippen molar-refractivity contribution in [1.29, 1.82) is 0 Å². The molecule has 0 atom stereocenters. The van der Waals surface area contributed by atoms with Gasteiger partial charge in [0.1, 0.15) is 5.82 Å². The summed E-state index contributed by atoms with van der Waals surface area (Å²) in [5, 5.41) is 8.22. The zero-order chi connectivity index (χ0) is 23.5. The number of aromatic nitrogens is 5. The van der Waals surface area contributed by atoms with Gasteiger partial charge in [-0.25, -0.2) is 19.6 Å². The summed E-state index contributed by atoms with van der Waals surface area (Å²) in [4.78, 5) is 28.5. The van der Waals surface area contributed by atoms with Crippen LogP contribution in [0.3, 0.4) is 0 Å². The highest BCUT2D eigenvalue weighted by molar-refractivity contribution is 5.95. The van der Waals surface area contributed by atoms with E-state index >= 15 is 0 Å². The first kappa shape index (κ1) is 21.6. The van der Waals surface area contributed by atoms with Crippen LogP contribution in [0, 0.1) is 6.92 Å². The maximum Gasteiger partial charge on any atom is 0.303 e. The molecule has 5 rings (SSSR count). The number of nitrogens with zero attached hydrogens (tertiary/aromatic N) is 7. The molecule has 0 aromatic carbocycles. The van der Waals surface area contributed by atoms with Crippen LogP contribution in [0.2, 0.25) is 0 Å². The van der Waals surface area contributed by atoms with Crippen LogP contribution < -0.4 is 10.2 Å². The monoisotopic (exact) mass is 456 g/mol. The lowest BCUT2D eigenvalue weighted by Gasteiger charge is -2.52. The van der Waals surface area contributed by atoms with Crippen LogP contribution >= 0.6 is 0 Å². The zero-order valence-corrected chi connectivity index (χ0v) is 19.1. The Morgan fingerprint density at radius 3 is 2.64 bits per heavy atom. The van der Waals surface area contributed by atoms with Gasteiger partial charge in [0, 0.05) is 51.0 Å². The third kappa shape index (κ3) is 3.69. The first-order valence-electron chi connectivity index (χ1n) is 10.9. The highest BCUT2D eigenvalue weighted by Crippen LogP contribution is 2.41. The topological polar surface area (TPSA) is 92.1 Å². The van der Waals surface area contributed by atoms with E-state index in [1.54, 1.807) is 25.3 Å². The number of aryl methyl sites for hydroxylation is 1. The molecule has 3 aromatic rings. The highest BCUT2D eigenvalue weighted by atomic mass is 19.3. The number of amides is 1. The Bertz CT molecular complexity index is 1250. The van der Waals surface area contributed by atoms with Crippen molar-refractivity contribution >= 4 is 28.4 Å². The number of rotatable bonds is 4. The van der Waals surface area contributed by atoms with Gasteiger partial charge in [0.2, 0.25) is 11.7 Å². The molecule has 3 aromatic heterocycles. The van der Waals surface area contributed by atoms with Crippen LogP contribution in [-0.2, 0) is 10.7 Å². The number of carbonyl (C=O) groups excluding carboxylic acids is 1. The quantitative estimate of drug-likeness (QED) is 0.645. The fraction of sp³-hybridized carbons (Fsp3) is 0.500. The average molecular weight is 457 g/mol. The fourth-order valence-corrected chi connectivity index (χ4v) is 4.80. The van der Waals surface area contributed by atoms with Gasteiger partial charge in [0.05, 0.1) is 16.4 Å². The minimum atomic E-state index is -3.19. The number of nitrogens with one attached hydrogen (secondary N) is 1. The number of hydrogen-bond donors (Lipinski definition) is 1. The Morgan fingerprint density at radius 2 is 2.00 bits per heavy atom. The molecule has 2 saturated heterocycles. The highest BCUT2D eigenvalue weighted by Gasteiger charge is 2.49. The Labute approximate surface area is 189 Å². The summed E-state index contributed by atoms with van der Waals surface area (Å²) in [7, 11) is 2.15. The van der Waals surface area contributed by atoms with Crippen molar-refractivity contribution < 1.29 is 13.6 Å². The van der Waals surface area contributed by atoms with Crippen LogP contribution in [0.4, 0.5) is 20.4 Å². The summed E-state index contributed by atoms with van der Waals surface area (Å²) >= 11 is 0. The molecular weight excluding hydrogens is 430 g/mol. The number of carbonyl (C=O) groups is 1. The number of pyridine rings is 1. The lowest BCUT2D eigenvalue weighted by atomic mass is 9.87. The molecule has 33 heavy (non-hydrogen) atoms. The third-order valence-electron chi connectivity index (χ3n) is 6.52. The van der Waals surface area contributed by atoms with Crippen molar-refractivity contribution in [2.75, 3.05) is 36.9 Å². The van der Waals surface area contributed by atoms with Crippen LogP contribution in [0.5, 0.6) is 0 Å². The third-order valence-corrected chi connectivity index (χ3v) is 6.52. The Hall–Kier alpha value is -3.21. The molecule has 2 fully saturated rings. The first-order valence-corrected chi connectivity index (χ1v) is 10.9. The van der Waals surface area contributed by atoms with E-state index in [1.165, 1.54) is 18.0 Å². The SMILES string of the molecule is CC(=O)Nc1cc2c(cn1)c(N1CC3(CCCN3C)C1)nn2-c1cc(C)nc(C(C)(F)F)n1. The number of hydrogen-bond acceptors (Lipinski definition) is 7. The lowest BCUT2D eigenvalue weighted by molar-refractivity contribution is -0.114. The first-order chi connectivity index (χ1) is 15.6. The minimum Gasteiger partial charge on any atom is -0.351 e. The molecule has 0 saturated carbocycles. The standard InChI is InChI=1S/C22H26F2N8O/c1-13-8-18(28-20(26-13)21(3,23)24)32-16-9-17(27-14(2)33)25-10-15(16)19(29-32)31-11-22(12-31)6-5-7-30(22)4/h8-10H,5-7,11-12H2,1-4H3,(H,25,27,33). The Morgan fingerprint density at radius 1 is 1.24 bits per heavy atom. The zero-order valence-electron chi connectivity index (χ0n) is 19.1. The van der Waals surface area contributed by atoms with Gasteiger partial charge >= 0.3 is 5.92 Å². The summed E-state index contributed by atoms with van der Waals surface area (Å²) in [6, 6.07) is 3.30. The molecule has 1 N–H and O–H groups in total. The van der Waals surface area contributed by atoms with Gasteiger partial charge in [0.25, 0.3) is 0 Å². The fourth-order valence-electron chi connectivity index (χ4n) is 4.80. The van der Waals surface area contributed by atoms with Gasteiger partial charge in [0.15, 0.2) is 11.6 Å². The molecular formula is C22H26F2N8O. The predicted octanol–water partition coefficient (Wildman–Crippen LogP) is 2.87. The van der Waals surface area contributed by atoms with E-state index in [0.29, 0.717) is 17.0 Å². The second kappa shape index (κ2) is 7.41. The summed E-state index contributed by atoms with van der Waals surface area (Å²) in [6.45, 7) is 6.57. The molecule has 9 nitrogen and oxygen atoms in total. The van der Waals surface area contributed by atoms with Gasteiger partial charge in [-0.2, -0.15) is 8.78 Å². The van der Waals surface area contributed by atoms with E-state index in [0.717, 1.165) is 44.2 Å². The summed E-state index contributed by atoms with van der Waals surface area (Å²) < 4.78 is 29.6. The number of likely N-dealkylation sites (N-methyl/N-ethyl adjacent to an activating group) is 1. The van der Waals surface area contributed by atoms with Crippen LogP contribution in [0.1, 0.15) is 38.2 Å². The molecule has 11 heteroatoms. The summed E-state index contributed by atoms with van der Waals surface area (Å²) in [5.74, 6) is -2.69. The van der Waals surface area contributed by atoms with E-state index in [1.807, 2.05) is 0 Å². The molecule has 0 radical (unpaired) electrons. The minimum absolute atomic E-state index is 0.155. The van der Waals surface area contributed by atoms with Crippen molar-refractivity contribution in [3.63, 3.8) is 0 Å². The van der Waals surface area contributed by atoms with Gasteiger partial charge in [-0.1, -0.05) is 0 Å². The molecule has 2 aliphatic rings. The average Bonchev–Trinajstić information content (AvgIpc) is 3.25. The van der Waals surface area contributed by atoms with Crippen LogP contribution in [0.25, 0.3) is 16.7 Å². The van der Waals surface area contributed by atoms with E-state index < -0.39 is 11.7 Å². The lowest BCUT2D eigenvalue weighted by Crippen LogP contribution is -2.67. The van der Waals surface area contributed by atoms with E-state index in [2.05, 4.69) is 37.1 Å². The normalized spacial score (nSPS) is 18.2. The Kier molecular flexibility index (Phi) is 4.85. The second-order valence-electron chi connectivity index (χ2n) is 9.19. The van der Waals surface area contributed by atoms with Crippen molar-refractivity contribution in [1.82, 2.24) is 29.6 Å². The van der Waals surface area contributed by atoms with Crippen LogP contribution in [0.15, 0.2) is 18.3 Å². The maximum atomic E-state index is 14.0.